The first-order chi connectivity index (χ1) is 14.2. The van der Waals surface area contributed by atoms with Gasteiger partial charge in [-0.25, -0.2) is 0 Å². The maximum Gasteiger partial charge on any atom is 0.273 e. The summed E-state index contributed by atoms with van der Waals surface area (Å²) >= 11 is 0. The Bertz CT molecular complexity index is 584. The van der Waals surface area contributed by atoms with E-state index in [2.05, 4.69) is 0 Å². The van der Waals surface area contributed by atoms with Crippen molar-refractivity contribution in [3.63, 3.8) is 0 Å². The molecule has 1 aliphatic heterocycles. The van der Waals surface area contributed by atoms with Crippen molar-refractivity contribution >= 4 is 11.4 Å². The van der Waals surface area contributed by atoms with Crippen molar-refractivity contribution in [2.75, 3.05) is 91.2 Å². The van der Waals surface area contributed by atoms with Gasteiger partial charge in [-0.15, -0.1) is 0 Å². The lowest BCUT2D eigenvalue weighted by atomic mass is 10.2. The second-order valence-corrected chi connectivity index (χ2v) is 6.16. The van der Waals surface area contributed by atoms with E-state index >= 15 is 0 Å². The molecule has 164 valence electrons. The zero-order valence-corrected chi connectivity index (χ0v) is 16.9. The Kier molecular flexibility index (Phi) is 11.3. The number of benzene rings is 1. The number of hydrogen-bond donors (Lipinski definition) is 0. The van der Waals surface area contributed by atoms with Gasteiger partial charge < -0.3 is 33.3 Å². The van der Waals surface area contributed by atoms with E-state index in [1.807, 2.05) is 4.90 Å². The van der Waals surface area contributed by atoms with Crippen LogP contribution in [0.4, 0.5) is 11.4 Å². The molecule has 1 aromatic rings. The molecule has 1 aromatic carbocycles. The van der Waals surface area contributed by atoms with Gasteiger partial charge in [0, 0.05) is 19.2 Å². The van der Waals surface area contributed by atoms with E-state index in [1.54, 1.807) is 6.07 Å². The minimum absolute atomic E-state index is 0.0160. The number of ether oxygens (including phenoxy) is 6. The molecule has 1 fully saturated rings. The standard InChI is InChI=1S/C19H30N2O8/c1-24-19-16-17(21(22)23)2-3-18(19)20-4-6-25-8-10-27-12-14-29-15-13-28-11-9-26-7-5-20/h2-3,16H,4-15H2,1H3. The molecule has 0 atom stereocenters. The average Bonchev–Trinajstić information content (AvgIpc) is 2.73. The van der Waals surface area contributed by atoms with Gasteiger partial charge in [-0.2, -0.15) is 0 Å². The van der Waals surface area contributed by atoms with Crippen molar-refractivity contribution in [3.05, 3.63) is 28.3 Å². The van der Waals surface area contributed by atoms with Crippen LogP contribution in [0.2, 0.25) is 0 Å². The van der Waals surface area contributed by atoms with E-state index in [-0.39, 0.29) is 5.69 Å². The van der Waals surface area contributed by atoms with E-state index in [0.717, 1.165) is 5.69 Å². The molecule has 10 heteroatoms. The maximum absolute atomic E-state index is 11.0. The fourth-order valence-corrected chi connectivity index (χ4v) is 2.73. The molecule has 0 N–H and O–H groups in total. The molecule has 0 bridgehead atoms. The van der Waals surface area contributed by atoms with Crippen LogP contribution in [0, 0.1) is 10.1 Å². The average molecular weight is 414 g/mol. The molecule has 1 heterocycles. The quantitative estimate of drug-likeness (QED) is 0.538. The van der Waals surface area contributed by atoms with Crippen LogP contribution in [0.25, 0.3) is 0 Å². The van der Waals surface area contributed by atoms with E-state index in [9.17, 15) is 10.1 Å². The third-order valence-electron chi connectivity index (χ3n) is 4.21. The lowest BCUT2D eigenvalue weighted by Crippen LogP contribution is -2.32. The summed E-state index contributed by atoms with van der Waals surface area (Å²) in [6.45, 7) is 6.11. The largest absolute Gasteiger partial charge is 0.494 e. The zero-order valence-electron chi connectivity index (χ0n) is 16.9. The van der Waals surface area contributed by atoms with E-state index < -0.39 is 4.92 Å². The number of non-ortho nitro benzene ring substituents is 1. The molecule has 10 nitrogen and oxygen atoms in total. The smallest absolute Gasteiger partial charge is 0.273 e. The van der Waals surface area contributed by atoms with Gasteiger partial charge in [-0.3, -0.25) is 10.1 Å². The highest BCUT2D eigenvalue weighted by Crippen LogP contribution is 2.32. The Balaban J connectivity index is 1.98. The van der Waals surface area contributed by atoms with Crippen LogP contribution in [0.5, 0.6) is 5.75 Å². The first kappa shape index (κ1) is 23.3. The summed E-state index contributed by atoms with van der Waals surface area (Å²) in [7, 11) is 1.50. The van der Waals surface area contributed by atoms with Gasteiger partial charge in [0.15, 0.2) is 0 Å². The van der Waals surface area contributed by atoms with Crippen LogP contribution in [0.1, 0.15) is 0 Å². The van der Waals surface area contributed by atoms with E-state index in [1.165, 1.54) is 19.2 Å². The Morgan fingerprint density at radius 2 is 1.28 bits per heavy atom. The predicted octanol–water partition coefficient (Wildman–Crippen LogP) is 1.51. The first-order valence-corrected chi connectivity index (χ1v) is 9.68. The lowest BCUT2D eigenvalue weighted by molar-refractivity contribution is -0.384. The van der Waals surface area contributed by atoms with Gasteiger partial charge in [0.25, 0.3) is 5.69 Å². The van der Waals surface area contributed by atoms with Crippen molar-refractivity contribution in [2.45, 2.75) is 0 Å². The van der Waals surface area contributed by atoms with E-state index in [0.29, 0.717) is 84.9 Å². The second kappa shape index (κ2) is 14.1. The molecule has 0 spiro atoms. The van der Waals surface area contributed by atoms with Gasteiger partial charge in [0.2, 0.25) is 0 Å². The molecule has 0 amide bonds. The molecule has 0 aliphatic carbocycles. The van der Waals surface area contributed by atoms with Crippen LogP contribution in [-0.4, -0.2) is 91.2 Å². The van der Waals surface area contributed by atoms with Crippen molar-refractivity contribution in [2.24, 2.45) is 0 Å². The summed E-state index contributed by atoms with van der Waals surface area (Å²) in [5.74, 6) is 0.438. The van der Waals surface area contributed by atoms with Gasteiger partial charge in [-0.05, 0) is 6.07 Å². The highest BCUT2D eigenvalue weighted by atomic mass is 16.6. The van der Waals surface area contributed by atoms with Crippen molar-refractivity contribution in [3.8, 4) is 5.75 Å². The van der Waals surface area contributed by atoms with Gasteiger partial charge >= 0.3 is 0 Å². The molecule has 1 aliphatic rings. The van der Waals surface area contributed by atoms with Gasteiger partial charge in [-0.1, -0.05) is 0 Å². The van der Waals surface area contributed by atoms with Crippen molar-refractivity contribution < 1.29 is 33.3 Å². The summed E-state index contributed by atoms with van der Waals surface area (Å²) in [6, 6.07) is 4.58. The molecule has 0 unspecified atom stereocenters. The number of methoxy groups -OCH3 is 1. The fraction of sp³-hybridized carbons (Fsp3) is 0.684. The second-order valence-electron chi connectivity index (χ2n) is 6.16. The molecule has 1 saturated heterocycles. The molecule has 0 radical (unpaired) electrons. The molecular weight excluding hydrogens is 384 g/mol. The maximum atomic E-state index is 11.0. The monoisotopic (exact) mass is 414 g/mol. The molecule has 0 aromatic heterocycles. The number of nitro benzene ring substituents is 1. The molecule has 29 heavy (non-hydrogen) atoms. The topological polar surface area (TPSA) is 102 Å². The van der Waals surface area contributed by atoms with Crippen LogP contribution >= 0.6 is 0 Å². The Labute approximate surface area is 170 Å². The number of anilines is 1. The third-order valence-corrected chi connectivity index (χ3v) is 4.21. The van der Waals surface area contributed by atoms with Crippen LogP contribution in [-0.2, 0) is 23.7 Å². The summed E-state index contributed by atoms with van der Waals surface area (Å²) in [6.07, 6.45) is 0. The van der Waals surface area contributed by atoms with Crippen LogP contribution < -0.4 is 9.64 Å². The molecule has 0 saturated carbocycles. The Hall–Kier alpha value is -1.98. The van der Waals surface area contributed by atoms with Crippen LogP contribution in [0.15, 0.2) is 18.2 Å². The lowest BCUT2D eigenvalue weighted by Gasteiger charge is -2.26. The summed E-state index contributed by atoms with van der Waals surface area (Å²) in [4.78, 5) is 12.6. The Morgan fingerprint density at radius 3 is 1.69 bits per heavy atom. The van der Waals surface area contributed by atoms with E-state index in [4.69, 9.17) is 28.4 Å². The highest BCUT2D eigenvalue weighted by Gasteiger charge is 2.16. The first-order valence-electron chi connectivity index (χ1n) is 9.68. The minimum Gasteiger partial charge on any atom is -0.494 e. The number of hydrogen-bond acceptors (Lipinski definition) is 9. The van der Waals surface area contributed by atoms with Gasteiger partial charge in [0.1, 0.15) is 5.75 Å². The minimum atomic E-state index is -0.442. The summed E-state index contributed by atoms with van der Waals surface area (Å²) in [5.41, 5.74) is 0.738. The number of nitro groups is 1. The van der Waals surface area contributed by atoms with Gasteiger partial charge in [0.05, 0.1) is 89.9 Å². The van der Waals surface area contributed by atoms with Crippen molar-refractivity contribution in [1.82, 2.24) is 0 Å². The molecular formula is C19H30N2O8. The van der Waals surface area contributed by atoms with Crippen LogP contribution in [0.3, 0.4) is 0 Å². The number of rotatable bonds is 3. The van der Waals surface area contributed by atoms with Crippen molar-refractivity contribution in [1.29, 1.82) is 0 Å². The normalized spacial score (nSPS) is 19.1. The fourth-order valence-electron chi connectivity index (χ4n) is 2.73. The Morgan fingerprint density at radius 1 is 0.828 bits per heavy atom. The third kappa shape index (κ3) is 8.92. The molecule has 2 rings (SSSR count). The highest BCUT2D eigenvalue weighted by molar-refractivity contribution is 5.62. The number of nitrogens with zero attached hydrogens (tertiary/aromatic N) is 2. The summed E-state index contributed by atoms with van der Waals surface area (Å²) in [5, 5.41) is 11.0. The SMILES string of the molecule is COc1cc([N+](=O)[O-])ccc1N1CCOCCOCCOCCOCCOCC1. The summed E-state index contributed by atoms with van der Waals surface area (Å²) < 4.78 is 33.0. The zero-order chi connectivity index (χ0) is 20.7. The predicted molar refractivity (Wildman–Crippen MR) is 106 cm³/mol.